The zero-order chi connectivity index (χ0) is 43.5. The molecular formula is C40H84HfO16. The maximum Gasteiger partial charge on any atom is 4.00 e. The molecule has 0 atom stereocenters. The van der Waals surface area contributed by atoms with Gasteiger partial charge in [0.2, 0.25) is 0 Å². The standard InChI is InChI=1S/4C10H21O4.Hf/c4*1-4-12-10(13-5-2,14-6-3)8-7-9-11;/h4*4-9H2,1-3H3;/q4*-1;+4. The maximum absolute atomic E-state index is 10.4. The topological polar surface area (TPSA) is 203 Å². The molecule has 0 spiro atoms. The smallest absolute Gasteiger partial charge is 0.854 e. The van der Waals surface area contributed by atoms with E-state index in [0.717, 1.165) is 0 Å². The Kier molecular flexibility index (Phi) is 55.0. The van der Waals surface area contributed by atoms with Gasteiger partial charge in [-0.2, -0.15) is 0 Å². The monoisotopic (exact) mass is 1000 g/mol. The molecule has 17 heteroatoms. The maximum atomic E-state index is 10.4. The Morgan fingerprint density at radius 2 is 0.351 bits per heavy atom. The van der Waals surface area contributed by atoms with Gasteiger partial charge >= 0.3 is 25.8 Å². The zero-order valence-electron chi connectivity index (χ0n) is 38.0. The van der Waals surface area contributed by atoms with Crippen LogP contribution in [0, 0.1) is 0 Å². The van der Waals surface area contributed by atoms with Crippen molar-refractivity contribution in [3.8, 4) is 0 Å². The van der Waals surface area contributed by atoms with Crippen LogP contribution in [0.25, 0.3) is 0 Å². The van der Waals surface area contributed by atoms with Crippen LogP contribution in [0.1, 0.15) is 134 Å². The Morgan fingerprint density at radius 1 is 0.246 bits per heavy atom. The van der Waals surface area contributed by atoms with Crippen molar-refractivity contribution in [3.63, 3.8) is 0 Å². The van der Waals surface area contributed by atoms with Crippen LogP contribution in [0.3, 0.4) is 0 Å². The molecule has 0 amide bonds. The summed E-state index contributed by atoms with van der Waals surface area (Å²) in [4.78, 5) is 0. The van der Waals surface area contributed by atoms with Crippen molar-refractivity contribution in [2.75, 3.05) is 106 Å². The minimum absolute atomic E-state index is 0. The van der Waals surface area contributed by atoms with Crippen molar-refractivity contribution in [2.45, 2.75) is 158 Å². The second-order valence-corrected chi connectivity index (χ2v) is 11.2. The van der Waals surface area contributed by atoms with E-state index in [9.17, 15) is 20.4 Å². The first-order chi connectivity index (χ1) is 27.0. The predicted octanol–water partition coefficient (Wildman–Crippen LogP) is 3.56. The van der Waals surface area contributed by atoms with Gasteiger partial charge in [-0.3, -0.25) is 0 Å². The Morgan fingerprint density at radius 3 is 0.421 bits per heavy atom. The second kappa shape index (κ2) is 47.3. The van der Waals surface area contributed by atoms with E-state index in [1.54, 1.807) is 0 Å². The largest absolute Gasteiger partial charge is 4.00 e. The van der Waals surface area contributed by atoms with E-state index in [2.05, 4.69) is 0 Å². The van der Waals surface area contributed by atoms with Gasteiger partial charge in [-0.15, -0.1) is 26.4 Å². The van der Waals surface area contributed by atoms with Gasteiger partial charge in [0.15, 0.2) is 0 Å². The van der Waals surface area contributed by atoms with E-state index >= 15 is 0 Å². The van der Waals surface area contributed by atoms with E-state index in [1.807, 2.05) is 83.1 Å². The molecular weight excluding hydrogens is 915 g/mol. The van der Waals surface area contributed by atoms with Crippen LogP contribution in [0.4, 0.5) is 0 Å². The molecule has 0 saturated carbocycles. The number of rotatable bonds is 36. The molecule has 0 aromatic heterocycles. The molecule has 344 valence electrons. The fourth-order valence-corrected chi connectivity index (χ4v) is 5.16. The fourth-order valence-electron chi connectivity index (χ4n) is 5.16. The third-order valence-electron chi connectivity index (χ3n) is 6.88. The summed E-state index contributed by atoms with van der Waals surface area (Å²) in [5, 5.41) is 41.7. The van der Waals surface area contributed by atoms with Gasteiger partial charge in [-0.05, 0) is 83.1 Å². The number of hydrogen-bond acceptors (Lipinski definition) is 16. The number of ether oxygens (including phenoxy) is 12. The summed E-state index contributed by atoms with van der Waals surface area (Å²) in [6.07, 6.45) is 3.97. The quantitative estimate of drug-likeness (QED) is 0.0651. The van der Waals surface area contributed by atoms with Gasteiger partial charge in [-0.25, -0.2) is 0 Å². The van der Waals surface area contributed by atoms with Gasteiger partial charge in [0.25, 0.3) is 23.9 Å². The molecule has 0 aliphatic carbocycles. The molecule has 0 aliphatic rings. The normalized spacial score (nSPS) is 11.8. The molecule has 0 heterocycles. The van der Waals surface area contributed by atoms with Crippen LogP contribution < -0.4 is 20.4 Å². The van der Waals surface area contributed by atoms with Gasteiger partial charge in [0.05, 0.1) is 0 Å². The summed E-state index contributed by atoms with van der Waals surface area (Å²) in [6.45, 7) is 28.2. The van der Waals surface area contributed by atoms with Crippen molar-refractivity contribution < 1.29 is 103 Å². The molecule has 0 aliphatic heterocycles. The molecule has 0 rings (SSSR count). The molecule has 16 nitrogen and oxygen atoms in total. The molecule has 0 aromatic carbocycles. The van der Waals surface area contributed by atoms with Crippen molar-refractivity contribution >= 4 is 0 Å². The zero-order valence-corrected chi connectivity index (χ0v) is 41.6. The average molecular weight is 1000 g/mol. The molecule has 0 saturated heterocycles. The molecule has 0 bridgehead atoms. The van der Waals surface area contributed by atoms with Crippen molar-refractivity contribution in [2.24, 2.45) is 0 Å². The Labute approximate surface area is 365 Å². The van der Waals surface area contributed by atoms with Crippen LogP contribution >= 0.6 is 0 Å². The van der Waals surface area contributed by atoms with Gasteiger partial charge in [0, 0.05) is 105 Å². The fraction of sp³-hybridized carbons (Fsp3) is 1.00. The van der Waals surface area contributed by atoms with Crippen molar-refractivity contribution in [3.05, 3.63) is 0 Å². The first-order valence-electron chi connectivity index (χ1n) is 21.0. The van der Waals surface area contributed by atoms with E-state index in [4.69, 9.17) is 56.8 Å². The number of hydrogen-bond donors (Lipinski definition) is 0. The van der Waals surface area contributed by atoms with E-state index < -0.39 is 23.9 Å². The molecule has 0 fully saturated rings. The van der Waals surface area contributed by atoms with Crippen LogP contribution in [0.5, 0.6) is 0 Å². The molecule has 0 radical (unpaired) electrons. The molecule has 0 N–H and O–H groups in total. The Balaban J connectivity index is -0.000000210. The Bertz CT molecular complexity index is 568. The van der Waals surface area contributed by atoms with Gasteiger partial charge in [0.1, 0.15) is 0 Å². The van der Waals surface area contributed by atoms with E-state index in [1.165, 1.54) is 0 Å². The summed E-state index contributed by atoms with van der Waals surface area (Å²) in [7, 11) is 0. The first-order valence-corrected chi connectivity index (χ1v) is 21.0. The van der Waals surface area contributed by atoms with E-state index in [0.29, 0.717) is 131 Å². The minimum Gasteiger partial charge on any atom is -0.854 e. The van der Waals surface area contributed by atoms with Gasteiger partial charge in [-0.1, -0.05) is 25.7 Å². The summed E-state index contributed by atoms with van der Waals surface area (Å²) >= 11 is 0. The Hall–Kier alpha value is 0.230. The first kappa shape index (κ1) is 66.3. The van der Waals surface area contributed by atoms with E-state index in [-0.39, 0.29) is 52.3 Å². The van der Waals surface area contributed by atoms with Crippen molar-refractivity contribution in [1.29, 1.82) is 0 Å². The van der Waals surface area contributed by atoms with Crippen molar-refractivity contribution in [1.82, 2.24) is 0 Å². The molecule has 0 unspecified atom stereocenters. The van der Waals surface area contributed by atoms with Crippen LogP contribution in [-0.2, 0) is 82.7 Å². The average Bonchev–Trinajstić information content (AvgIpc) is 3.17. The summed E-state index contributed by atoms with van der Waals surface area (Å²) in [5.74, 6) is -3.99. The summed E-state index contributed by atoms with van der Waals surface area (Å²) < 4.78 is 65.2. The SMILES string of the molecule is CCOC(CCC[O-])(OCC)OCC.CCOC(CCC[O-])(OCC)OCC.CCOC(CCC[O-])(OCC)OCC.CCOC(CCC[O-])(OCC)OCC.[Hf+4]. The van der Waals surface area contributed by atoms with Crippen LogP contribution in [0.2, 0.25) is 0 Å². The third-order valence-corrected chi connectivity index (χ3v) is 6.88. The van der Waals surface area contributed by atoms with Crippen LogP contribution in [-0.4, -0.2) is 130 Å². The second-order valence-electron chi connectivity index (χ2n) is 11.2. The predicted molar refractivity (Wildman–Crippen MR) is 207 cm³/mol. The van der Waals surface area contributed by atoms with Crippen LogP contribution in [0.15, 0.2) is 0 Å². The molecule has 0 aromatic rings. The summed E-state index contributed by atoms with van der Waals surface area (Å²) in [5.41, 5.74) is 0. The minimum atomic E-state index is -0.997. The third kappa shape index (κ3) is 35.5. The summed E-state index contributed by atoms with van der Waals surface area (Å²) in [6, 6.07) is 0. The van der Waals surface area contributed by atoms with Gasteiger partial charge < -0.3 is 77.3 Å². The molecule has 57 heavy (non-hydrogen) atoms.